The van der Waals surface area contributed by atoms with Crippen LogP contribution < -0.4 is 10.1 Å². The molecule has 1 aromatic carbocycles. The number of aromatic nitrogens is 2. The number of pyridine rings is 1. The molecule has 0 radical (unpaired) electrons. The second-order valence-electron chi connectivity index (χ2n) is 6.11. The van der Waals surface area contributed by atoms with Crippen molar-refractivity contribution in [2.24, 2.45) is 0 Å². The van der Waals surface area contributed by atoms with Crippen molar-refractivity contribution in [2.45, 2.75) is 26.2 Å². The van der Waals surface area contributed by atoms with Gasteiger partial charge in [0.05, 0.1) is 10.2 Å². The molecule has 0 spiro atoms. The maximum absolute atomic E-state index is 11.7. The topological polar surface area (TPSA) is 81.2 Å². The lowest BCUT2D eigenvalue weighted by molar-refractivity contribution is -0.137. The molecule has 8 heteroatoms. The quantitative estimate of drug-likeness (QED) is 0.387. The zero-order valence-electron chi connectivity index (χ0n) is 15.1. The van der Waals surface area contributed by atoms with Gasteiger partial charge in [-0.2, -0.15) is 0 Å². The molecule has 0 aliphatic heterocycles. The lowest BCUT2D eigenvalue weighted by Gasteiger charge is -2.08. The van der Waals surface area contributed by atoms with Crippen LogP contribution in [0.1, 0.15) is 24.6 Å². The average molecular weight is 460 g/mol. The van der Waals surface area contributed by atoms with Crippen LogP contribution >= 0.6 is 27.3 Å². The van der Waals surface area contributed by atoms with E-state index in [1.54, 1.807) is 6.07 Å². The third kappa shape index (κ3) is 5.97. The second-order valence-corrected chi connectivity index (χ2v) is 7.82. The summed E-state index contributed by atoms with van der Waals surface area (Å²) in [5.74, 6) is -0.0652. The summed E-state index contributed by atoms with van der Waals surface area (Å²) in [6.45, 7) is 1.34. The molecule has 0 fully saturated rings. The summed E-state index contributed by atoms with van der Waals surface area (Å²) < 4.78 is 5.75. The normalized spacial score (nSPS) is 10.5. The Morgan fingerprint density at radius 3 is 2.75 bits per heavy atom. The van der Waals surface area contributed by atoms with E-state index in [1.165, 1.54) is 30.0 Å². The Kier molecular flexibility index (Phi) is 6.89. The number of esters is 1. The molecule has 144 valence electrons. The van der Waals surface area contributed by atoms with Gasteiger partial charge in [0.15, 0.2) is 5.13 Å². The number of hydrogen-bond donors (Lipinski definition) is 1. The molecule has 0 amide bonds. The molecule has 6 nitrogen and oxygen atoms in total. The number of hydrogen-bond acceptors (Lipinski definition) is 7. The van der Waals surface area contributed by atoms with Crippen LogP contribution in [0.15, 0.2) is 52.4 Å². The van der Waals surface area contributed by atoms with Crippen LogP contribution in [0.5, 0.6) is 5.75 Å². The smallest absolute Gasteiger partial charge is 0.318 e. The van der Waals surface area contributed by atoms with Crippen LogP contribution in [0, 0.1) is 0 Å². The van der Waals surface area contributed by atoms with E-state index in [9.17, 15) is 9.59 Å². The molecule has 0 unspecified atom stereocenters. The third-order valence-corrected chi connectivity index (χ3v) is 5.14. The van der Waals surface area contributed by atoms with E-state index in [0.717, 1.165) is 18.5 Å². The van der Waals surface area contributed by atoms with Crippen LogP contribution in [0.3, 0.4) is 0 Å². The summed E-state index contributed by atoms with van der Waals surface area (Å²) in [7, 11) is 0. The van der Waals surface area contributed by atoms with E-state index in [0.29, 0.717) is 21.2 Å². The predicted molar refractivity (Wildman–Crippen MR) is 112 cm³/mol. The summed E-state index contributed by atoms with van der Waals surface area (Å²) in [4.78, 5) is 31.6. The molecule has 3 aromatic rings. The number of carbonyl (C=O) groups is 2. The fourth-order valence-electron chi connectivity index (χ4n) is 2.43. The van der Waals surface area contributed by atoms with Crippen molar-refractivity contribution in [2.75, 3.05) is 5.32 Å². The lowest BCUT2D eigenvalue weighted by Crippen LogP contribution is -2.12. The van der Waals surface area contributed by atoms with Crippen LogP contribution in [-0.4, -0.2) is 21.7 Å². The van der Waals surface area contributed by atoms with Crippen molar-refractivity contribution in [1.82, 2.24) is 9.97 Å². The monoisotopic (exact) mass is 459 g/mol. The van der Waals surface area contributed by atoms with Crippen LogP contribution in [0.4, 0.5) is 10.9 Å². The number of nitrogens with zero attached hydrogens (tertiary/aromatic N) is 2. The Morgan fingerprint density at radius 1 is 1.21 bits per heavy atom. The van der Waals surface area contributed by atoms with Crippen molar-refractivity contribution in [3.63, 3.8) is 0 Å². The number of aryl methyl sites for hydroxylation is 2. The number of nitrogens with one attached hydrogen (secondary N) is 1. The van der Waals surface area contributed by atoms with E-state index in [4.69, 9.17) is 4.74 Å². The summed E-state index contributed by atoms with van der Waals surface area (Å²) in [6.07, 6.45) is 3.04. The summed E-state index contributed by atoms with van der Waals surface area (Å²) in [5, 5.41) is 5.84. The van der Waals surface area contributed by atoms with Gasteiger partial charge in [-0.05, 0) is 41.3 Å². The van der Waals surface area contributed by atoms with E-state index in [2.05, 4.69) is 43.3 Å². The molecule has 1 N–H and O–H groups in total. The van der Waals surface area contributed by atoms with Crippen molar-refractivity contribution in [3.8, 4) is 5.75 Å². The zero-order chi connectivity index (χ0) is 19.9. The number of ether oxygens (including phenoxy) is 1. The van der Waals surface area contributed by atoms with Crippen molar-refractivity contribution >= 4 is 50.0 Å². The molecule has 0 saturated heterocycles. The molecule has 0 aliphatic rings. The van der Waals surface area contributed by atoms with Gasteiger partial charge in [-0.25, -0.2) is 9.97 Å². The van der Waals surface area contributed by atoms with Gasteiger partial charge in [0.2, 0.25) is 0 Å². The fraction of sp³-hybridized carbons (Fsp3) is 0.200. The van der Waals surface area contributed by atoms with Gasteiger partial charge in [0.1, 0.15) is 23.8 Å². The minimum atomic E-state index is -0.609. The van der Waals surface area contributed by atoms with Gasteiger partial charge < -0.3 is 10.1 Å². The van der Waals surface area contributed by atoms with Gasteiger partial charge in [0.25, 0.3) is 0 Å². The molecule has 3 rings (SSSR count). The van der Waals surface area contributed by atoms with E-state index in [1.807, 2.05) is 23.6 Å². The Balaban J connectivity index is 1.62. The molecule has 0 bridgehead atoms. The lowest BCUT2D eigenvalue weighted by atomic mass is 10.1. The van der Waals surface area contributed by atoms with Crippen molar-refractivity contribution in [3.05, 3.63) is 63.7 Å². The molecule has 2 heterocycles. The highest BCUT2D eigenvalue weighted by molar-refractivity contribution is 9.10. The van der Waals surface area contributed by atoms with Gasteiger partial charge in [0, 0.05) is 17.6 Å². The number of thiazole rings is 1. The Morgan fingerprint density at radius 2 is 2.00 bits per heavy atom. The first-order chi connectivity index (χ1) is 13.5. The number of ketones is 1. The molecular weight excluding hydrogens is 442 g/mol. The minimum absolute atomic E-state index is 0.251. The molecule has 0 atom stereocenters. The highest BCUT2D eigenvalue weighted by Crippen LogP contribution is 2.29. The first kappa shape index (κ1) is 20.2. The van der Waals surface area contributed by atoms with Crippen LogP contribution in [-0.2, 0) is 22.4 Å². The SMILES string of the molecule is CC(=O)CC(=O)Oc1cc(Nc2nc(CCc3ccccc3)cs2)ncc1Br. The first-order valence-corrected chi connectivity index (χ1v) is 10.3. The molecule has 28 heavy (non-hydrogen) atoms. The van der Waals surface area contributed by atoms with Crippen molar-refractivity contribution < 1.29 is 14.3 Å². The number of anilines is 2. The Labute approximate surface area is 175 Å². The van der Waals surface area contributed by atoms with E-state index in [-0.39, 0.29) is 12.2 Å². The number of benzene rings is 1. The van der Waals surface area contributed by atoms with E-state index < -0.39 is 5.97 Å². The third-order valence-electron chi connectivity index (χ3n) is 3.74. The fourth-order valence-corrected chi connectivity index (χ4v) is 3.48. The maximum Gasteiger partial charge on any atom is 0.318 e. The largest absolute Gasteiger partial charge is 0.425 e. The second kappa shape index (κ2) is 9.57. The van der Waals surface area contributed by atoms with E-state index >= 15 is 0 Å². The summed E-state index contributed by atoms with van der Waals surface area (Å²) in [6, 6.07) is 11.9. The standard InChI is InChI=1S/C20H18BrN3O3S/c1-13(25)9-19(26)27-17-10-18(22-11-16(17)21)24-20-23-15(12-28-20)8-7-14-5-3-2-4-6-14/h2-6,10-12H,7-9H2,1H3,(H,22,23,24). The first-order valence-electron chi connectivity index (χ1n) is 8.60. The van der Waals surface area contributed by atoms with Crippen LogP contribution in [0.25, 0.3) is 0 Å². The number of Topliss-reactive ketones (excluding diaryl/α,β-unsaturated/α-hetero) is 1. The molecular formula is C20H18BrN3O3S. The number of carbonyl (C=O) groups excluding carboxylic acids is 2. The summed E-state index contributed by atoms with van der Waals surface area (Å²) in [5.41, 5.74) is 2.28. The van der Waals surface area contributed by atoms with Gasteiger partial charge in [-0.3, -0.25) is 9.59 Å². The van der Waals surface area contributed by atoms with Gasteiger partial charge in [-0.15, -0.1) is 11.3 Å². The number of halogens is 1. The Hall–Kier alpha value is -2.58. The van der Waals surface area contributed by atoms with Crippen molar-refractivity contribution in [1.29, 1.82) is 0 Å². The molecule has 0 saturated carbocycles. The summed E-state index contributed by atoms with van der Waals surface area (Å²) >= 11 is 4.78. The Bertz CT molecular complexity index is 976. The van der Waals surface area contributed by atoms with Gasteiger partial charge in [-0.1, -0.05) is 30.3 Å². The zero-order valence-corrected chi connectivity index (χ0v) is 17.5. The maximum atomic E-state index is 11.7. The number of rotatable bonds is 8. The molecule has 0 aliphatic carbocycles. The van der Waals surface area contributed by atoms with Gasteiger partial charge >= 0.3 is 5.97 Å². The highest BCUT2D eigenvalue weighted by atomic mass is 79.9. The predicted octanol–water partition coefficient (Wildman–Crippen LogP) is 4.71. The minimum Gasteiger partial charge on any atom is -0.425 e. The average Bonchev–Trinajstić information content (AvgIpc) is 3.10. The highest BCUT2D eigenvalue weighted by Gasteiger charge is 2.13. The molecule has 2 aromatic heterocycles. The van der Waals surface area contributed by atoms with Crippen LogP contribution in [0.2, 0.25) is 0 Å².